The molecule has 0 aliphatic rings. The first-order valence-electron chi connectivity index (χ1n) is 4.22. The summed E-state index contributed by atoms with van der Waals surface area (Å²) in [6.45, 7) is 1.99. The zero-order chi connectivity index (χ0) is 11.0. The van der Waals surface area contributed by atoms with Crippen molar-refractivity contribution in [2.75, 3.05) is 0 Å². The third-order valence-electron chi connectivity index (χ3n) is 2.05. The molecule has 80 valence electrons. The molecule has 0 amide bonds. The molecule has 5 heteroatoms. The Morgan fingerprint density at radius 3 is 2.67 bits per heavy atom. The van der Waals surface area contributed by atoms with Crippen molar-refractivity contribution in [2.45, 2.75) is 12.3 Å². The van der Waals surface area contributed by atoms with E-state index in [1.165, 1.54) is 0 Å². The molecule has 1 nitrogen and oxygen atoms in total. The number of hydrogen-bond donors (Lipinski definition) is 0. The largest absolute Gasteiger partial charge is 0.467 e. The minimum atomic E-state index is -0.215. The molecular weight excluding hydrogens is 363 g/mol. The predicted molar refractivity (Wildman–Crippen MR) is 70.9 cm³/mol. The van der Waals surface area contributed by atoms with Crippen LogP contribution in [0, 0.1) is 6.92 Å². The fraction of sp³-hybridized carbons (Fsp3) is 0.200. The number of furan rings is 1. The Hall–Kier alpha value is 0.230. The highest BCUT2D eigenvalue weighted by atomic mass is 79.9. The Bertz CT molecular complexity index is 458. The predicted octanol–water partition coefficient (Wildman–Crippen LogP) is 5.50. The van der Waals surface area contributed by atoms with Gasteiger partial charge in [-0.2, -0.15) is 0 Å². The molecule has 0 saturated carbocycles. The maximum absolute atomic E-state index is 6.34. The highest BCUT2D eigenvalue weighted by molar-refractivity contribution is 9.13. The lowest BCUT2D eigenvalue weighted by atomic mass is 10.2. The summed E-state index contributed by atoms with van der Waals surface area (Å²) in [5.41, 5.74) is 1.08. The summed E-state index contributed by atoms with van der Waals surface area (Å²) in [5.74, 6) is 0.818. The van der Waals surface area contributed by atoms with Crippen LogP contribution >= 0.6 is 54.8 Å². The maximum Gasteiger partial charge on any atom is 0.129 e. The molecule has 0 spiro atoms. The molecule has 2 rings (SSSR count). The minimum Gasteiger partial charge on any atom is -0.467 e. The van der Waals surface area contributed by atoms with Crippen LogP contribution in [-0.2, 0) is 0 Å². The molecule has 0 N–H and O–H groups in total. The first-order valence-corrected chi connectivity index (χ1v) is 7.06. The van der Waals surface area contributed by atoms with Gasteiger partial charge in [0.05, 0.1) is 10.0 Å². The van der Waals surface area contributed by atoms with Crippen molar-refractivity contribution >= 4 is 54.8 Å². The van der Waals surface area contributed by atoms with E-state index in [-0.39, 0.29) is 5.38 Å². The smallest absolute Gasteiger partial charge is 0.129 e. The van der Waals surface area contributed by atoms with Crippen LogP contribution in [0.4, 0.5) is 0 Å². The number of aryl methyl sites for hydroxylation is 1. The minimum absolute atomic E-state index is 0.215. The van der Waals surface area contributed by atoms with E-state index in [1.807, 2.05) is 19.1 Å². The van der Waals surface area contributed by atoms with Crippen LogP contribution in [0.1, 0.15) is 21.6 Å². The monoisotopic (exact) mass is 368 g/mol. The van der Waals surface area contributed by atoms with Gasteiger partial charge in [-0.3, -0.25) is 0 Å². The third kappa shape index (κ3) is 2.33. The van der Waals surface area contributed by atoms with Crippen LogP contribution in [0.3, 0.4) is 0 Å². The van der Waals surface area contributed by atoms with E-state index in [2.05, 4.69) is 31.9 Å². The Labute approximate surface area is 114 Å². The molecule has 15 heavy (non-hydrogen) atoms. The summed E-state index contributed by atoms with van der Waals surface area (Å²) in [7, 11) is 0. The van der Waals surface area contributed by atoms with Crippen molar-refractivity contribution in [3.8, 4) is 0 Å². The van der Waals surface area contributed by atoms with E-state index in [9.17, 15) is 0 Å². The molecule has 0 radical (unpaired) electrons. The molecule has 2 aromatic rings. The zero-order valence-corrected chi connectivity index (χ0v) is 12.5. The fourth-order valence-electron chi connectivity index (χ4n) is 1.26. The Balaban J connectivity index is 2.36. The van der Waals surface area contributed by atoms with Gasteiger partial charge in [0.2, 0.25) is 0 Å². The molecule has 0 aliphatic carbocycles. The molecular formula is C10H7Br2ClOS. The van der Waals surface area contributed by atoms with E-state index in [4.69, 9.17) is 16.0 Å². The average Bonchev–Trinajstić information content (AvgIpc) is 2.74. The van der Waals surface area contributed by atoms with Crippen LogP contribution in [0.5, 0.6) is 0 Å². The first-order chi connectivity index (χ1) is 7.09. The molecule has 2 heterocycles. The van der Waals surface area contributed by atoms with Gasteiger partial charge in [-0.05, 0) is 56.5 Å². The van der Waals surface area contributed by atoms with E-state index in [0.717, 1.165) is 24.5 Å². The molecule has 2 aromatic heterocycles. The van der Waals surface area contributed by atoms with Gasteiger partial charge in [-0.1, -0.05) is 0 Å². The van der Waals surface area contributed by atoms with Gasteiger partial charge in [0.15, 0.2) is 0 Å². The van der Waals surface area contributed by atoms with Gasteiger partial charge in [-0.25, -0.2) is 0 Å². The van der Waals surface area contributed by atoms with Crippen molar-refractivity contribution < 1.29 is 4.42 Å². The molecule has 1 atom stereocenters. The average molecular weight is 370 g/mol. The summed E-state index contributed by atoms with van der Waals surface area (Å²) < 4.78 is 7.45. The second-order valence-electron chi connectivity index (χ2n) is 3.10. The molecule has 0 fully saturated rings. The molecule has 0 bridgehead atoms. The molecule has 0 aromatic carbocycles. The van der Waals surface area contributed by atoms with Gasteiger partial charge in [0.25, 0.3) is 0 Å². The van der Waals surface area contributed by atoms with Crippen molar-refractivity contribution in [1.29, 1.82) is 0 Å². The standard InChI is InChI=1S/C10H7Br2ClOS/c1-5-2-3-14-9(5)8(13)7-4-6(11)10(12)15-7/h2-4,8H,1H3. The quantitative estimate of drug-likeness (QED) is 0.636. The lowest BCUT2D eigenvalue weighted by Gasteiger charge is -2.04. The van der Waals surface area contributed by atoms with Crippen LogP contribution < -0.4 is 0 Å². The SMILES string of the molecule is Cc1ccoc1C(Cl)c1cc(Br)c(Br)s1. The fourth-order valence-corrected chi connectivity index (χ4v) is 3.75. The van der Waals surface area contributed by atoms with Crippen molar-refractivity contribution in [3.63, 3.8) is 0 Å². The van der Waals surface area contributed by atoms with Gasteiger partial charge in [-0.15, -0.1) is 22.9 Å². The Morgan fingerprint density at radius 2 is 2.20 bits per heavy atom. The van der Waals surface area contributed by atoms with Gasteiger partial charge < -0.3 is 4.42 Å². The topological polar surface area (TPSA) is 13.1 Å². The summed E-state index contributed by atoms with van der Waals surface area (Å²) in [4.78, 5) is 1.06. The maximum atomic E-state index is 6.34. The summed E-state index contributed by atoms with van der Waals surface area (Å²) >= 11 is 14.8. The summed E-state index contributed by atoms with van der Waals surface area (Å²) in [6.07, 6.45) is 1.66. The van der Waals surface area contributed by atoms with E-state index < -0.39 is 0 Å². The zero-order valence-electron chi connectivity index (χ0n) is 7.76. The number of alkyl halides is 1. The van der Waals surface area contributed by atoms with E-state index in [0.29, 0.717) is 0 Å². The number of halogens is 3. The lowest BCUT2D eigenvalue weighted by molar-refractivity contribution is 0.515. The van der Waals surface area contributed by atoms with Gasteiger partial charge >= 0.3 is 0 Å². The van der Waals surface area contributed by atoms with Crippen LogP contribution in [0.25, 0.3) is 0 Å². The Morgan fingerprint density at radius 1 is 1.47 bits per heavy atom. The van der Waals surface area contributed by atoms with Crippen LogP contribution in [0.2, 0.25) is 0 Å². The van der Waals surface area contributed by atoms with E-state index in [1.54, 1.807) is 17.6 Å². The Kier molecular flexibility index (Phi) is 3.60. The summed E-state index contributed by atoms with van der Waals surface area (Å²) in [5, 5.41) is -0.215. The first kappa shape index (κ1) is 11.7. The highest BCUT2D eigenvalue weighted by Gasteiger charge is 2.19. The van der Waals surface area contributed by atoms with Gasteiger partial charge in [0.1, 0.15) is 11.1 Å². The lowest BCUT2D eigenvalue weighted by Crippen LogP contribution is -1.89. The third-order valence-corrected chi connectivity index (χ3v) is 5.93. The molecule has 0 saturated heterocycles. The number of hydrogen-bond acceptors (Lipinski definition) is 2. The van der Waals surface area contributed by atoms with Crippen LogP contribution in [0.15, 0.2) is 31.1 Å². The highest BCUT2D eigenvalue weighted by Crippen LogP contribution is 2.41. The van der Waals surface area contributed by atoms with Crippen molar-refractivity contribution in [1.82, 2.24) is 0 Å². The van der Waals surface area contributed by atoms with Crippen molar-refractivity contribution in [3.05, 3.63) is 42.9 Å². The second kappa shape index (κ2) is 4.62. The number of rotatable bonds is 2. The van der Waals surface area contributed by atoms with Crippen LogP contribution in [-0.4, -0.2) is 0 Å². The molecule has 1 unspecified atom stereocenters. The second-order valence-corrected chi connectivity index (χ2v) is 6.79. The number of thiophene rings is 1. The van der Waals surface area contributed by atoms with E-state index >= 15 is 0 Å². The van der Waals surface area contributed by atoms with Gasteiger partial charge in [0, 0.05) is 9.35 Å². The summed E-state index contributed by atoms with van der Waals surface area (Å²) in [6, 6.07) is 3.93. The normalized spacial score (nSPS) is 13.1. The van der Waals surface area contributed by atoms with Crippen molar-refractivity contribution in [2.24, 2.45) is 0 Å². The molecule has 0 aliphatic heterocycles.